The Kier molecular flexibility index (Phi) is 36.3. The first-order valence-corrected chi connectivity index (χ1v) is 56.7. The Bertz CT molecular complexity index is 7680. The molecule has 1 aromatic carbocycles. The number of aromatic nitrogens is 7. The molecule has 10 aromatic heterocycles. The van der Waals surface area contributed by atoms with Gasteiger partial charge in [0, 0.05) is 196 Å². The largest absolute Gasteiger partial charge is 0.417 e. The van der Waals surface area contributed by atoms with Crippen molar-refractivity contribution < 1.29 is 59.7 Å². The highest BCUT2D eigenvalue weighted by molar-refractivity contribution is 9.11. The van der Waals surface area contributed by atoms with E-state index in [-0.39, 0.29) is 68.1 Å². The lowest BCUT2D eigenvalue weighted by atomic mass is 9.99. The number of thiophene rings is 5. The second-order valence-corrected chi connectivity index (χ2v) is 51.5. The molecule has 11 aromatic rings. The fourth-order valence-corrected chi connectivity index (χ4v) is 30.5. The lowest BCUT2D eigenvalue weighted by Crippen LogP contribution is -2.50. The molecule has 0 bridgehead atoms. The number of benzene rings is 1. The van der Waals surface area contributed by atoms with Gasteiger partial charge in [0.05, 0.1) is 65.8 Å². The summed E-state index contributed by atoms with van der Waals surface area (Å²) < 4.78 is 185. The summed E-state index contributed by atoms with van der Waals surface area (Å²) in [7, 11) is -11.4. The highest BCUT2D eigenvalue weighted by atomic mass is 79.9. The van der Waals surface area contributed by atoms with Crippen LogP contribution in [0.2, 0.25) is 10.0 Å². The summed E-state index contributed by atoms with van der Waals surface area (Å²) in [6, 6.07) is 21.9. The molecule has 12 N–H and O–H groups in total. The summed E-state index contributed by atoms with van der Waals surface area (Å²) in [5.74, 6) is 11.6. The zero-order valence-electron chi connectivity index (χ0n) is 79.1. The number of nitrogens with zero attached hydrogens (tertiary/aromatic N) is 18. The Morgan fingerprint density at radius 2 is 0.729 bits per heavy atom. The Labute approximate surface area is 884 Å². The number of hydrogen-bond acceptors (Lipinski definition) is 35. The monoisotopic (exact) mass is 2340 g/mol. The van der Waals surface area contributed by atoms with Crippen molar-refractivity contribution in [1.82, 2.24) is 56.4 Å². The maximum absolute atomic E-state index is 13.8. The van der Waals surface area contributed by atoms with Gasteiger partial charge in [-0.25, -0.2) is 113 Å². The fraction of sp³-hybridized carbons (Fsp3) is 0.286. The Morgan fingerprint density at radius 1 is 0.444 bits per heavy atom. The van der Waals surface area contributed by atoms with Crippen molar-refractivity contribution in [3.63, 3.8) is 0 Å². The molecule has 760 valence electrons. The number of allylic oxidation sites excluding steroid dienone is 2. The molecule has 16 rings (SSSR count). The number of guanidine groups is 5. The third-order valence-corrected chi connectivity index (χ3v) is 41.3. The van der Waals surface area contributed by atoms with Crippen LogP contribution in [0.1, 0.15) is 127 Å². The van der Waals surface area contributed by atoms with E-state index in [9.17, 15) is 59.7 Å². The summed E-state index contributed by atoms with van der Waals surface area (Å²) in [5.41, 5.74) is 35.2. The first-order valence-electron chi connectivity index (χ1n) is 41.7. The van der Waals surface area contributed by atoms with Crippen molar-refractivity contribution in [3.8, 4) is 93.9 Å². The predicted octanol–water partition coefficient (Wildman–Crippen LogP) is 15.3. The van der Waals surface area contributed by atoms with Crippen molar-refractivity contribution in [3.05, 3.63) is 242 Å². The molecule has 0 unspecified atom stereocenters. The highest BCUT2D eigenvalue weighted by Crippen LogP contribution is 2.52. The third-order valence-electron chi connectivity index (χ3n) is 21.5. The molecular formula is C91H94Br2Cl2F4N24O10S11. The van der Waals surface area contributed by atoms with Gasteiger partial charge >= 0.3 is 6.18 Å². The smallest absolute Gasteiger partial charge is 0.369 e. The van der Waals surface area contributed by atoms with Crippen molar-refractivity contribution >= 4 is 210 Å². The summed E-state index contributed by atoms with van der Waals surface area (Å²) >= 11 is 30.0. The minimum absolute atomic E-state index is 0.0116. The van der Waals surface area contributed by atoms with E-state index in [1.807, 2.05) is 44.2 Å². The van der Waals surface area contributed by atoms with Crippen LogP contribution in [0.3, 0.4) is 0 Å². The van der Waals surface area contributed by atoms with Gasteiger partial charge in [-0.15, -0.1) is 81.2 Å². The summed E-state index contributed by atoms with van der Waals surface area (Å²) in [6.07, 6.45) is 15.8. The quantitative estimate of drug-likeness (QED) is 0.0258. The van der Waals surface area contributed by atoms with Gasteiger partial charge in [-0.2, -0.15) is 18.4 Å². The molecule has 5 atom stereocenters. The molecule has 0 saturated carbocycles. The number of alkyl halides is 3. The summed E-state index contributed by atoms with van der Waals surface area (Å²) in [5, 5.41) is 9.77. The molecule has 34 nitrogen and oxygen atoms in total. The molecule has 0 saturated heterocycles. The molecule has 5 aliphatic rings. The van der Waals surface area contributed by atoms with E-state index in [2.05, 4.69) is 153 Å². The van der Waals surface area contributed by atoms with Crippen LogP contribution in [0.25, 0.3) is 57.8 Å². The number of halogens is 8. The van der Waals surface area contributed by atoms with Gasteiger partial charge in [-0.05, 0) is 182 Å². The van der Waals surface area contributed by atoms with Gasteiger partial charge < -0.3 is 34.4 Å². The van der Waals surface area contributed by atoms with E-state index in [1.165, 1.54) is 119 Å². The predicted molar refractivity (Wildman–Crippen MR) is 577 cm³/mol. The molecule has 0 radical (unpaired) electrons. The molecule has 144 heavy (non-hydrogen) atoms. The van der Waals surface area contributed by atoms with Gasteiger partial charge in [0.1, 0.15) is 46.2 Å². The van der Waals surface area contributed by atoms with Crippen LogP contribution in [-0.2, 0) is 84.0 Å². The number of aliphatic imine (C=N–C) groups is 5. The number of pyridine rings is 3. The van der Waals surface area contributed by atoms with E-state index in [1.54, 1.807) is 115 Å². The van der Waals surface area contributed by atoms with Crippen molar-refractivity contribution in [1.29, 1.82) is 5.26 Å². The van der Waals surface area contributed by atoms with Gasteiger partial charge in [0.2, 0.25) is 79.9 Å². The van der Waals surface area contributed by atoms with Crippen molar-refractivity contribution in [2.45, 2.75) is 103 Å². The van der Waals surface area contributed by atoms with Crippen LogP contribution in [0.4, 0.5) is 17.6 Å². The standard InChI is InChI=1S/C18H17F3N4O2S2.C17H17BrN4O2S2.C16H16BrN5O2S2.C16H14ClFN4O2S2.C13H14ClN5O2S2.C7H8N2.C4H8S/c1-4-5-11-6-12(9-23-8-11)14-7-13(18(19,20)21)15(28-14)17(2)10-29(26,27)25(3)16(22)24-17;1-4-5-11-6-12(9-20-8-11)14-7-13(18)15(25-14)17(2)10-26(23,24)22(3)16(19)21-17;1-16(9-26(23,24)22(2)15(19)21-16)14-12(17)6-13(25-14)11-5-10(3-4-18)7-20-8-11;1-16(8-26(23,24)22(2)15(20)21-16)14-12(17)6-13(25-14)10-3-9(7-19)4-11(18)5-10;1-13(6-23(20,21)19(2)12(15)18-13)11-9(14)3-10(22-11)8-4-16-7-17-5-8;1-6(2)7-3-8-5-9-4-7;1-3-4(2)5/h6-9H,10H2,1-3H3,(H2,22,24);6-9H,10H2,1-3H3,(H2,19,21);5-8H,9,18H2,1-2H3,(H2,19,21);3-6H,8H2,1-2H3,(H2,20,21);3-5,7H,6H2,1-2H3,(H2,15,18);3-5H,1H2,2H3;5H,2-3H2,1H3/t2*17-;2*16-;13-;;/m00000../s1. The zero-order valence-corrected chi connectivity index (χ0v) is 92.8. The second kappa shape index (κ2) is 45.6. The minimum Gasteiger partial charge on any atom is -0.369 e. The van der Waals surface area contributed by atoms with E-state index in [0.717, 1.165) is 123 Å². The molecule has 0 amide bonds. The summed E-state index contributed by atoms with van der Waals surface area (Å²) in [4.78, 5) is 56.8. The van der Waals surface area contributed by atoms with Crippen molar-refractivity contribution in [2.24, 2.45) is 59.4 Å². The lowest BCUT2D eigenvalue weighted by Gasteiger charge is -2.34. The molecule has 0 fully saturated rings. The van der Waals surface area contributed by atoms with Crippen LogP contribution in [0, 0.1) is 52.8 Å². The van der Waals surface area contributed by atoms with Gasteiger partial charge in [-0.3, -0.25) is 15.0 Å². The summed E-state index contributed by atoms with van der Waals surface area (Å²) in [6.45, 7) is 22.9. The average molecular weight is 2340 g/mol. The van der Waals surface area contributed by atoms with E-state index in [0.29, 0.717) is 46.9 Å². The van der Waals surface area contributed by atoms with Gasteiger partial charge in [0.15, 0.2) is 0 Å². The maximum Gasteiger partial charge on any atom is 0.417 e. The Balaban J connectivity index is 0.000000179. The van der Waals surface area contributed by atoms with Crippen LogP contribution in [-0.4, -0.2) is 192 Å². The number of hydrogen-bond donors (Lipinski definition) is 7. The topological polar surface area (TPSA) is 519 Å². The molecule has 0 spiro atoms. The molecule has 53 heteroatoms. The maximum atomic E-state index is 13.8. The molecule has 5 aliphatic heterocycles. The van der Waals surface area contributed by atoms with E-state index >= 15 is 0 Å². The SMILES string of the molecule is C=C(C)c1cncnc1.C=C(S)CC.CC#Cc1cncc(-c2cc(Br)c([C@]3(C)CS(=O)(=O)N(C)C(N)=N3)s2)c1.CC#Cc1cncc(-c2cc(C(F)(F)F)c([C@]3(C)CS(=O)(=O)N(C)C(N)=N3)s2)c1.CN1C(N)=N[C@](C)(c2sc(-c3cc(F)cc(C#N)c3)cc2Cl)CS1(=O)=O.CN1C(N)=N[C@](C)(c2sc(-c3cncc(C#CN)c3)cc2Br)CS1(=O)=O.CN1C(N)=N[C@](C)(c2sc(-c3cncnc3)cc2Cl)CS1(=O)=O. The first kappa shape index (κ1) is 114. The van der Waals surface area contributed by atoms with Gasteiger partial charge in [-0.1, -0.05) is 55.1 Å². The van der Waals surface area contributed by atoms with Gasteiger partial charge in [0.25, 0.3) is 0 Å². The Morgan fingerprint density at radius 3 is 1.03 bits per heavy atom. The molecule has 0 aliphatic carbocycles. The van der Waals surface area contributed by atoms with Crippen LogP contribution in [0.5, 0.6) is 0 Å². The van der Waals surface area contributed by atoms with Crippen molar-refractivity contribution in [2.75, 3.05) is 64.0 Å². The Hall–Kier alpha value is -11.5. The van der Waals surface area contributed by atoms with Crippen LogP contribution in [0.15, 0.2) is 193 Å². The first-order chi connectivity index (χ1) is 67.0. The minimum atomic E-state index is -4.70. The van der Waals surface area contributed by atoms with Crippen LogP contribution >= 0.6 is 124 Å². The second-order valence-electron chi connectivity index (χ2n) is 33.0. The third kappa shape index (κ3) is 27.0. The average Bonchev–Trinajstić information content (AvgIpc) is 1.55. The van der Waals surface area contributed by atoms with E-state index < -0.39 is 101 Å². The molecular weight excluding hydrogens is 2250 g/mol. The number of sulfonamides is 5. The lowest BCUT2D eigenvalue weighted by molar-refractivity contribution is -0.138. The number of rotatable bonds is 12. The van der Waals surface area contributed by atoms with Crippen LogP contribution < -0.4 is 34.4 Å². The van der Waals surface area contributed by atoms with E-state index in [4.69, 9.17) is 62.9 Å². The fourth-order valence-electron chi connectivity index (χ4n) is 14.0. The normalized spacial score (nSPS) is 20.7. The number of nitrogens with two attached hydrogens (primary N) is 6. The zero-order chi connectivity index (χ0) is 107. The molecule has 15 heterocycles. The number of nitriles is 1. The number of thiol groups is 1. The highest BCUT2D eigenvalue weighted by Gasteiger charge is 2.50.